The van der Waals surface area contributed by atoms with E-state index in [1.165, 1.54) is 0 Å². The highest BCUT2D eigenvalue weighted by molar-refractivity contribution is 7.54. The second kappa shape index (κ2) is 10.4. The highest BCUT2D eigenvalue weighted by atomic mass is 31.1. The van der Waals surface area contributed by atoms with Crippen LogP contribution in [0.15, 0.2) is 4.76 Å². The molecule has 8 heteroatoms. The van der Waals surface area contributed by atoms with Crippen molar-refractivity contribution in [2.75, 3.05) is 19.9 Å². The highest BCUT2D eigenvalue weighted by Gasteiger charge is 2.19. The van der Waals surface area contributed by atoms with Gasteiger partial charge in [0, 0.05) is 11.9 Å². The maximum Gasteiger partial charge on any atom is 0.239 e. The summed E-state index contributed by atoms with van der Waals surface area (Å²) < 4.78 is 4.16. The van der Waals surface area contributed by atoms with Gasteiger partial charge in [-0.3, -0.25) is 9.59 Å². The standard InChI is InChI=1S/C13H28N5O2P/c1-5-10(11(14)19)17-12(20)9(2)7-6-8-16-13(15)18-21(3)4/h9-10H,5-8H2,1-4H3,(H6,14,15,16,17,18,19,20)/p-1/t9-,10-/m0/s1. The van der Waals surface area contributed by atoms with Crippen LogP contribution in [0.25, 0.3) is 5.32 Å². The van der Waals surface area contributed by atoms with E-state index in [9.17, 15) is 9.59 Å². The van der Waals surface area contributed by atoms with Crippen LogP contribution in [0, 0.1) is 5.92 Å². The number of guanidine groups is 1. The summed E-state index contributed by atoms with van der Waals surface area (Å²) >= 11 is 0. The maximum atomic E-state index is 11.9. The van der Waals surface area contributed by atoms with Crippen molar-refractivity contribution in [1.82, 2.24) is 5.32 Å². The number of carbonyl (C=O) groups is 2. The molecule has 0 aliphatic heterocycles. The molecule has 21 heavy (non-hydrogen) atoms. The van der Waals surface area contributed by atoms with Crippen LogP contribution in [0.3, 0.4) is 0 Å². The molecule has 0 heterocycles. The molecule has 122 valence electrons. The first-order valence-electron chi connectivity index (χ1n) is 7.06. The molecule has 0 spiro atoms. The molecule has 2 amide bonds. The van der Waals surface area contributed by atoms with E-state index in [-0.39, 0.29) is 11.8 Å². The fraction of sp³-hybridized carbons (Fsp3) is 0.769. The number of carbonyl (C=O) groups excluding carboxylic acids is 2. The first-order valence-corrected chi connectivity index (χ1v) is 9.25. The van der Waals surface area contributed by atoms with Gasteiger partial charge in [-0.15, -0.1) is 0 Å². The van der Waals surface area contributed by atoms with Crippen molar-refractivity contribution in [1.29, 1.82) is 0 Å². The molecule has 7 nitrogen and oxygen atoms in total. The Balaban J connectivity index is 4.01. The van der Waals surface area contributed by atoms with Crippen molar-refractivity contribution >= 4 is 25.8 Å². The quantitative estimate of drug-likeness (QED) is 0.255. The van der Waals surface area contributed by atoms with Crippen LogP contribution in [0.4, 0.5) is 0 Å². The number of hydrogen-bond donors (Lipinski definition) is 3. The molecule has 0 aromatic rings. The van der Waals surface area contributed by atoms with Gasteiger partial charge in [-0.05, 0) is 39.1 Å². The molecule has 2 atom stereocenters. The summed E-state index contributed by atoms with van der Waals surface area (Å²) in [5.74, 6) is -0.537. The number of primary amides is 1. The average Bonchev–Trinajstić information content (AvgIpc) is 2.39. The Kier molecular flexibility index (Phi) is 9.71. The van der Waals surface area contributed by atoms with Crippen molar-refractivity contribution in [3.8, 4) is 0 Å². The van der Waals surface area contributed by atoms with Crippen molar-refractivity contribution in [3.05, 3.63) is 5.32 Å². The van der Waals surface area contributed by atoms with Gasteiger partial charge in [0.05, 0.1) is 0 Å². The number of nitrogens with zero attached hydrogens (tertiary/aromatic N) is 2. The van der Waals surface area contributed by atoms with Gasteiger partial charge < -0.3 is 26.9 Å². The smallest absolute Gasteiger partial charge is 0.239 e. The lowest BCUT2D eigenvalue weighted by Gasteiger charge is -2.18. The third-order valence-electron chi connectivity index (χ3n) is 2.89. The Hall–Kier alpha value is -1.36. The number of nitrogens with two attached hydrogens (primary N) is 2. The predicted octanol–water partition coefficient (Wildman–Crippen LogP) is 1.13. The van der Waals surface area contributed by atoms with Crippen LogP contribution >= 0.6 is 8.07 Å². The van der Waals surface area contributed by atoms with E-state index < -0.39 is 20.0 Å². The summed E-state index contributed by atoms with van der Waals surface area (Å²) in [7, 11) is -0.440. The topological polar surface area (TPSA) is 125 Å². The predicted molar refractivity (Wildman–Crippen MR) is 88.4 cm³/mol. The van der Waals surface area contributed by atoms with E-state index >= 15 is 0 Å². The van der Waals surface area contributed by atoms with E-state index in [1.807, 2.05) is 20.3 Å². The molecule has 0 aromatic carbocycles. The third-order valence-corrected chi connectivity index (χ3v) is 3.49. The second-order valence-electron chi connectivity index (χ2n) is 5.10. The molecule has 0 rings (SSSR count). The summed E-state index contributed by atoms with van der Waals surface area (Å²) in [6.07, 6.45) is 1.90. The van der Waals surface area contributed by atoms with Gasteiger partial charge in [-0.25, -0.2) is 0 Å². The molecular formula is C13H27N5O2P-. The normalized spacial score (nSPS) is 14.6. The molecule has 0 saturated heterocycles. The number of nitrogens with one attached hydrogen (secondary N) is 1. The van der Waals surface area contributed by atoms with Gasteiger partial charge in [0.15, 0.2) is 0 Å². The maximum absolute atomic E-state index is 11.9. The second-order valence-corrected chi connectivity index (χ2v) is 7.00. The molecule has 5 N–H and O–H groups in total. The van der Waals surface area contributed by atoms with Gasteiger partial charge in [-0.2, -0.15) is 0 Å². The van der Waals surface area contributed by atoms with Gasteiger partial charge in [-0.1, -0.05) is 21.9 Å². The Bertz CT molecular complexity index is 374. The van der Waals surface area contributed by atoms with E-state index in [2.05, 4.69) is 15.4 Å². The summed E-state index contributed by atoms with van der Waals surface area (Å²) in [5.41, 5.74) is 10.8. The first-order chi connectivity index (χ1) is 9.77. The zero-order valence-corrected chi connectivity index (χ0v) is 14.2. The molecule has 0 aliphatic rings. The van der Waals surface area contributed by atoms with Crippen molar-refractivity contribution in [2.45, 2.75) is 39.2 Å². The highest BCUT2D eigenvalue weighted by Crippen LogP contribution is 2.26. The molecule has 0 fully saturated rings. The zero-order chi connectivity index (χ0) is 16.4. The lowest BCUT2D eigenvalue weighted by Crippen LogP contribution is -2.45. The summed E-state index contributed by atoms with van der Waals surface area (Å²) in [6.45, 7) is 8.15. The zero-order valence-electron chi connectivity index (χ0n) is 13.3. The number of rotatable bonds is 9. The van der Waals surface area contributed by atoms with Gasteiger partial charge >= 0.3 is 0 Å². The van der Waals surface area contributed by atoms with Crippen molar-refractivity contribution in [2.24, 2.45) is 22.1 Å². The van der Waals surface area contributed by atoms with Crippen LogP contribution in [-0.2, 0) is 9.59 Å². The Labute approximate surface area is 128 Å². The van der Waals surface area contributed by atoms with E-state index in [1.54, 1.807) is 6.92 Å². The summed E-state index contributed by atoms with van der Waals surface area (Å²) in [5, 5.41) is 6.79. The summed E-state index contributed by atoms with van der Waals surface area (Å²) in [4.78, 5) is 23.0. The van der Waals surface area contributed by atoms with Crippen LogP contribution < -0.4 is 16.8 Å². The molecule has 0 unspecified atom stereocenters. The molecule has 0 radical (unpaired) electrons. The lowest BCUT2D eigenvalue weighted by molar-refractivity contribution is -0.129. The van der Waals surface area contributed by atoms with Gasteiger partial charge in [0.1, 0.15) is 6.04 Å². The molecular weight excluding hydrogens is 289 g/mol. The Morgan fingerprint density at radius 2 is 1.95 bits per heavy atom. The fourth-order valence-corrected chi connectivity index (χ4v) is 2.12. The van der Waals surface area contributed by atoms with E-state index in [0.29, 0.717) is 25.3 Å². The first kappa shape index (κ1) is 19.6. The average molecular weight is 316 g/mol. The molecule has 0 bridgehead atoms. The van der Waals surface area contributed by atoms with Crippen molar-refractivity contribution in [3.63, 3.8) is 0 Å². The minimum absolute atomic E-state index is 0.159. The SMILES string of the molecule is CC[C@H](NC(=O)[C@@H](C)CCC[N-]/C(N)=N/P(C)C)C(N)=O. The largest absolute Gasteiger partial charge is 0.454 e. The van der Waals surface area contributed by atoms with E-state index in [4.69, 9.17) is 11.5 Å². The van der Waals surface area contributed by atoms with Gasteiger partial charge in [0.25, 0.3) is 0 Å². The van der Waals surface area contributed by atoms with Crippen LogP contribution in [0.2, 0.25) is 0 Å². The number of amides is 2. The molecule has 0 aliphatic carbocycles. The van der Waals surface area contributed by atoms with E-state index in [0.717, 1.165) is 6.42 Å². The Morgan fingerprint density at radius 1 is 1.33 bits per heavy atom. The van der Waals surface area contributed by atoms with Crippen LogP contribution in [-0.4, -0.2) is 43.7 Å². The number of hydrogen-bond acceptors (Lipinski definition) is 3. The fourth-order valence-electron chi connectivity index (χ4n) is 1.65. The Morgan fingerprint density at radius 3 is 2.43 bits per heavy atom. The van der Waals surface area contributed by atoms with Gasteiger partial charge in [0.2, 0.25) is 11.8 Å². The lowest BCUT2D eigenvalue weighted by atomic mass is 10.0. The third kappa shape index (κ3) is 9.24. The summed E-state index contributed by atoms with van der Waals surface area (Å²) in [6, 6.07) is -0.597. The van der Waals surface area contributed by atoms with Crippen LogP contribution in [0.1, 0.15) is 33.1 Å². The monoisotopic (exact) mass is 316 g/mol. The minimum Gasteiger partial charge on any atom is -0.454 e. The molecule has 0 aromatic heterocycles. The van der Waals surface area contributed by atoms with Crippen molar-refractivity contribution < 1.29 is 9.59 Å². The molecule has 0 saturated carbocycles. The minimum atomic E-state index is -0.597. The van der Waals surface area contributed by atoms with Crippen LogP contribution in [0.5, 0.6) is 0 Å².